The van der Waals surface area contributed by atoms with E-state index < -0.39 is 9.84 Å². The molecule has 0 bridgehead atoms. The Morgan fingerprint density at radius 1 is 1.25 bits per heavy atom. The molecular formula is C12H23N3O4S. The molecule has 1 rings (SSSR count). The van der Waals surface area contributed by atoms with Crippen molar-refractivity contribution in [3.63, 3.8) is 0 Å². The third-order valence-corrected chi connectivity index (χ3v) is 5.02. The van der Waals surface area contributed by atoms with Crippen molar-refractivity contribution in [1.82, 2.24) is 15.1 Å². The average molecular weight is 305 g/mol. The number of likely N-dealkylation sites (N-methyl/N-ethyl adjacent to an activating group) is 2. The van der Waals surface area contributed by atoms with Gasteiger partial charge in [0.05, 0.1) is 18.1 Å². The lowest BCUT2D eigenvalue weighted by Crippen LogP contribution is -2.49. The first-order valence-corrected chi connectivity index (χ1v) is 8.49. The highest BCUT2D eigenvalue weighted by Gasteiger charge is 2.28. The second kappa shape index (κ2) is 7.03. The molecule has 1 fully saturated rings. The fraction of sp³-hybridized carbons (Fsp3) is 0.833. The van der Waals surface area contributed by atoms with E-state index >= 15 is 0 Å². The Kier molecular flexibility index (Phi) is 5.94. The van der Waals surface area contributed by atoms with Gasteiger partial charge in [0.1, 0.15) is 0 Å². The van der Waals surface area contributed by atoms with Crippen molar-refractivity contribution in [2.24, 2.45) is 0 Å². The molecule has 1 atom stereocenters. The molecule has 2 amide bonds. The standard InChI is InChI=1S/C12H23N3O4S/c1-4-15(8-12(17)14(2)3)11(16)7-10-9-20(18,19)6-5-13-10/h10,13H,4-9H2,1-3H3. The minimum Gasteiger partial charge on any atom is -0.347 e. The van der Waals surface area contributed by atoms with Crippen LogP contribution in [0.3, 0.4) is 0 Å². The maximum atomic E-state index is 12.1. The number of sulfone groups is 1. The Morgan fingerprint density at radius 2 is 1.90 bits per heavy atom. The van der Waals surface area contributed by atoms with Gasteiger partial charge in [-0.2, -0.15) is 0 Å². The number of nitrogens with one attached hydrogen (secondary N) is 1. The smallest absolute Gasteiger partial charge is 0.241 e. The highest BCUT2D eigenvalue weighted by molar-refractivity contribution is 7.91. The number of carbonyl (C=O) groups excluding carboxylic acids is 2. The van der Waals surface area contributed by atoms with E-state index in [1.807, 2.05) is 0 Å². The van der Waals surface area contributed by atoms with Gasteiger partial charge in [-0.3, -0.25) is 9.59 Å². The van der Waals surface area contributed by atoms with Gasteiger partial charge < -0.3 is 15.1 Å². The van der Waals surface area contributed by atoms with Crippen molar-refractivity contribution in [3.8, 4) is 0 Å². The van der Waals surface area contributed by atoms with Crippen LogP contribution in [-0.4, -0.2) is 81.3 Å². The molecule has 0 spiro atoms. The average Bonchev–Trinajstić information content (AvgIpc) is 2.33. The largest absolute Gasteiger partial charge is 0.347 e. The van der Waals surface area contributed by atoms with Crippen LogP contribution in [0.1, 0.15) is 13.3 Å². The van der Waals surface area contributed by atoms with E-state index in [4.69, 9.17) is 0 Å². The van der Waals surface area contributed by atoms with Gasteiger partial charge in [-0.15, -0.1) is 0 Å². The lowest BCUT2D eigenvalue weighted by Gasteiger charge is -2.27. The van der Waals surface area contributed by atoms with E-state index in [0.717, 1.165) is 0 Å². The van der Waals surface area contributed by atoms with Gasteiger partial charge in [0.15, 0.2) is 9.84 Å². The first-order valence-electron chi connectivity index (χ1n) is 6.67. The molecule has 8 heteroatoms. The maximum absolute atomic E-state index is 12.1. The molecule has 0 aromatic carbocycles. The van der Waals surface area contributed by atoms with Crippen LogP contribution in [0.25, 0.3) is 0 Å². The summed E-state index contributed by atoms with van der Waals surface area (Å²) >= 11 is 0. The number of hydrogen-bond acceptors (Lipinski definition) is 5. The van der Waals surface area contributed by atoms with Gasteiger partial charge in [-0.05, 0) is 6.92 Å². The Hall–Kier alpha value is -1.15. The van der Waals surface area contributed by atoms with Gasteiger partial charge in [-0.25, -0.2) is 8.42 Å². The Bertz CT molecular complexity index is 461. The summed E-state index contributed by atoms with van der Waals surface area (Å²) in [7, 11) is 0.215. The molecule has 1 aliphatic rings. The predicted octanol–water partition coefficient (Wildman–Crippen LogP) is -1.30. The van der Waals surface area contributed by atoms with Gasteiger partial charge >= 0.3 is 0 Å². The molecule has 1 heterocycles. The minimum absolute atomic E-state index is 0.0160. The zero-order valence-corrected chi connectivity index (χ0v) is 13.1. The van der Waals surface area contributed by atoms with E-state index in [1.165, 1.54) is 9.80 Å². The number of rotatable bonds is 5. The molecule has 7 nitrogen and oxygen atoms in total. The van der Waals surface area contributed by atoms with Crippen LogP contribution in [0.15, 0.2) is 0 Å². The van der Waals surface area contributed by atoms with E-state index in [2.05, 4.69) is 5.32 Å². The first kappa shape index (κ1) is 16.9. The van der Waals surface area contributed by atoms with E-state index in [9.17, 15) is 18.0 Å². The molecule has 1 unspecified atom stereocenters. The highest BCUT2D eigenvalue weighted by Crippen LogP contribution is 2.07. The second-order valence-electron chi connectivity index (χ2n) is 5.17. The summed E-state index contributed by atoms with van der Waals surface area (Å²) in [5, 5.41) is 3.04. The van der Waals surface area contributed by atoms with Crippen LogP contribution >= 0.6 is 0 Å². The summed E-state index contributed by atoms with van der Waals surface area (Å²) in [5.74, 6) is -0.242. The highest BCUT2D eigenvalue weighted by atomic mass is 32.2. The monoisotopic (exact) mass is 305 g/mol. The molecular weight excluding hydrogens is 282 g/mol. The van der Waals surface area contributed by atoms with Crippen LogP contribution in [0.2, 0.25) is 0 Å². The van der Waals surface area contributed by atoms with Gasteiger partial charge in [0.25, 0.3) is 0 Å². The summed E-state index contributed by atoms with van der Waals surface area (Å²) in [6, 6.07) is -0.357. The van der Waals surface area contributed by atoms with E-state index in [-0.39, 0.29) is 42.3 Å². The van der Waals surface area contributed by atoms with E-state index in [0.29, 0.717) is 13.1 Å². The Morgan fingerprint density at radius 3 is 2.40 bits per heavy atom. The normalized spacial score (nSPS) is 21.2. The van der Waals surface area contributed by atoms with Crippen molar-refractivity contribution in [3.05, 3.63) is 0 Å². The predicted molar refractivity (Wildman–Crippen MR) is 76.0 cm³/mol. The lowest BCUT2D eigenvalue weighted by atomic mass is 10.2. The second-order valence-corrected chi connectivity index (χ2v) is 7.39. The molecule has 0 radical (unpaired) electrons. The SMILES string of the molecule is CCN(CC(=O)N(C)C)C(=O)CC1CS(=O)(=O)CCN1. The first-order chi connectivity index (χ1) is 9.25. The van der Waals surface area contributed by atoms with Crippen LogP contribution in [-0.2, 0) is 19.4 Å². The quantitative estimate of drug-likeness (QED) is 0.682. The zero-order valence-electron chi connectivity index (χ0n) is 12.3. The molecule has 0 saturated carbocycles. The summed E-state index contributed by atoms with van der Waals surface area (Å²) in [6.07, 6.45) is 0.105. The van der Waals surface area contributed by atoms with Gasteiger partial charge in [-0.1, -0.05) is 0 Å². The van der Waals surface area contributed by atoms with Gasteiger partial charge in [0.2, 0.25) is 11.8 Å². The number of amides is 2. The summed E-state index contributed by atoms with van der Waals surface area (Å²) in [6.45, 7) is 2.63. The van der Waals surface area contributed by atoms with Crippen molar-refractivity contribution in [2.45, 2.75) is 19.4 Å². The van der Waals surface area contributed by atoms with Crippen LogP contribution in [0.4, 0.5) is 0 Å². The van der Waals surface area contributed by atoms with Crippen molar-refractivity contribution in [1.29, 1.82) is 0 Å². The van der Waals surface area contributed by atoms with Crippen molar-refractivity contribution < 1.29 is 18.0 Å². The molecule has 0 aliphatic carbocycles. The van der Waals surface area contributed by atoms with Crippen molar-refractivity contribution in [2.75, 3.05) is 45.2 Å². The molecule has 1 aliphatic heterocycles. The van der Waals surface area contributed by atoms with E-state index in [1.54, 1.807) is 21.0 Å². The molecule has 0 aromatic rings. The zero-order chi connectivity index (χ0) is 15.3. The van der Waals surface area contributed by atoms with Crippen LogP contribution in [0, 0.1) is 0 Å². The Balaban J connectivity index is 2.57. The summed E-state index contributed by atoms with van der Waals surface area (Å²) < 4.78 is 23.0. The molecule has 1 N–H and O–H groups in total. The molecule has 0 aromatic heterocycles. The summed E-state index contributed by atoms with van der Waals surface area (Å²) in [5.41, 5.74) is 0. The van der Waals surface area contributed by atoms with Crippen molar-refractivity contribution >= 4 is 21.7 Å². The molecule has 116 valence electrons. The third kappa shape index (κ3) is 5.09. The number of nitrogens with zero attached hydrogens (tertiary/aromatic N) is 2. The number of hydrogen-bond donors (Lipinski definition) is 1. The Labute approximate surface area is 120 Å². The number of carbonyl (C=O) groups is 2. The van der Waals surface area contributed by atoms with Gasteiger partial charge in [0, 0.05) is 39.6 Å². The third-order valence-electron chi connectivity index (χ3n) is 3.28. The summed E-state index contributed by atoms with van der Waals surface area (Å²) in [4.78, 5) is 26.6. The van der Waals surface area contributed by atoms with Crippen LogP contribution < -0.4 is 5.32 Å². The fourth-order valence-corrected chi connectivity index (χ4v) is 3.46. The fourth-order valence-electron chi connectivity index (χ4n) is 2.02. The molecule has 20 heavy (non-hydrogen) atoms. The lowest BCUT2D eigenvalue weighted by molar-refractivity contribution is -0.139. The molecule has 1 saturated heterocycles. The van der Waals surface area contributed by atoms with Crippen LogP contribution in [0.5, 0.6) is 0 Å². The minimum atomic E-state index is -3.05. The topological polar surface area (TPSA) is 86.8 Å². The maximum Gasteiger partial charge on any atom is 0.241 e.